The zero-order valence-corrected chi connectivity index (χ0v) is 18.5. The molecule has 8 heteroatoms. The molecule has 1 N–H and O–H groups in total. The van der Waals surface area contributed by atoms with Gasteiger partial charge in [0.2, 0.25) is 5.91 Å². The zero-order chi connectivity index (χ0) is 23.2. The average Bonchev–Trinajstić information content (AvgIpc) is 2.84. The number of piperidine rings is 1. The second kappa shape index (κ2) is 10.3. The van der Waals surface area contributed by atoms with Crippen molar-refractivity contribution in [3.8, 4) is 11.4 Å². The first kappa shape index (κ1) is 22.5. The summed E-state index contributed by atoms with van der Waals surface area (Å²) in [6.45, 7) is 4.15. The summed E-state index contributed by atoms with van der Waals surface area (Å²) in [5.74, 6) is 0.802. The smallest absolute Gasteiger partial charge is 0.271 e. The number of nitrogens with zero attached hydrogens (tertiary/aromatic N) is 3. The highest BCUT2D eigenvalue weighted by molar-refractivity contribution is 5.79. The first-order valence-corrected chi connectivity index (χ1v) is 11.1. The van der Waals surface area contributed by atoms with Crippen molar-refractivity contribution in [2.75, 3.05) is 24.6 Å². The standard InChI is InChI=1S/C25H27FN4O3/c1-2-33-22-8-4-3-6-18(22)16-27-25(32)19-7-5-15-29(17-19)23-13-14-24(31)30(28-23)21-11-9-20(26)10-12-21/h3-4,6,8-14,19H,2,5,7,15-17H2,1H3,(H,27,32)/t19-/m1/s1. The average molecular weight is 451 g/mol. The Bertz CT molecular complexity index is 1160. The maximum absolute atomic E-state index is 13.3. The van der Waals surface area contributed by atoms with Gasteiger partial charge >= 0.3 is 0 Å². The van der Waals surface area contributed by atoms with Gasteiger partial charge in [-0.2, -0.15) is 4.68 Å². The van der Waals surface area contributed by atoms with E-state index in [9.17, 15) is 14.0 Å². The highest BCUT2D eigenvalue weighted by Crippen LogP contribution is 2.23. The van der Waals surface area contributed by atoms with Crippen molar-refractivity contribution in [1.29, 1.82) is 0 Å². The molecule has 3 aromatic rings. The molecule has 0 unspecified atom stereocenters. The highest BCUT2D eigenvalue weighted by Gasteiger charge is 2.27. The Morgan fingerprint density at radius 1 is 1.15 bits per heavy atom. The van der Waals surface area contributed by atoms with Crippen LogP contribution in [0.4, 0.5) is 10.2 Å². The van der Waals surface area contributed by atoms with Gasteiger partial charge in [0.1, 0.15) is 17.4 Å². The predicted octanol–water partition coefficient (Wildman–Crippen LogP) is 3.30. The zero-order valence-electron chi connectivity index (χ0n) is 18.5. The molecular weight excluding hydrogens is 423 g/mol. The second-order valence-electron chi connectivity index (χ2n) is 7.96. The highest BCUT2D eigenvalue weighted by atomic mass is 19.1. The summed E-state index contributed by atoms with van der Waals surface area (Å²) >= 11 is 0. The Morgan fingerprint density at radius 3 is 2.73 bits per heavy atom. The minimum Gasteiger partial charge on any atom is -0.494 e. The van der Waals surface area contributed by atoms with Crippen LogP contribution in [0.25, 0.3) is 5.69 Å². The third-order valence-corrected chi connectivity index (χ3v) is 5.70. The van der Waals surface area contributed by atoms with E-state index in [2.05, 4.69) is 10.4 Å². The molecule has 1 aromatic heterocycles. The van der Waals surface area contributed by atoms with E-state index in [0.717, 1.165) is 30.7 Å². The number of ether oxygens (including phenoxy) is 1. The molecule has 0 saturated carbocycles. The number of aromatic nitrogens is 2. The van der Waals surface area contributed by atoms with Crippen molar-refractivity contribution in [1.82, 2.24) is 15.1 Å². The molecule has 1 aliphatic heterocycles. The number of nitrogens with one attached hydrogen (secondary N) is 1. The van der Waals surface area contributed by atoms with E-state index in [-0.39, 0.29) is 23.2 Å². The summed E-state index contributed by atoms with van der Waals surface area (Å²) in [5, 5.41) is 7.51. The van der Waals surface area contributed by atoms with Gasteiger partial charge in [-0.1, -0.05) is 18.2 Å². The summed E-state index contributed by atoms with van der Waals surface area (Å²) < 4.78 is 20.2. The third kappa shape index (κ3) is 5.39. The molecule has 0 radical (unpaired) electrons. The fourth-order valence-electron chi connectivity index (χ4n) is 4.01. The van der Waals surface area contributed by atoms with Crippen LogP contribution in [0, 0.1) is 11.7 Å². The minimum absolute atomic E-state index is 0.0159. The molecular formula is C25H27FN4O3. The maximum atomic E-state index is 13.3. The van der Waals surface area contributed by atoms with Crippen LogP contribution in [-0.2, 0) is 11.3 Å². The molecule has 1 atom stereocenters. The van der Waals surface area contributed by atoms with E-state index in [4.69, 9.17) is 4.74 Å². The number of anilines is 1. The number of halogens is 1. The van der Waals surface area contributed by atoms with E-state index in [1.807, 2.05) is 36.1 Å². The Hall–Kier alpha value is -3.68. The van der Waals surface area contributed by atoms with Crippen molar-refractivity contribution in [2.45, 2.75) is 26.3 Å². The Kier molecular flexibility index (Phi) is 7.02. The van der Waals surface area contributed by atoms with Gasteiger partial charge in [-0.25, -0.2) is 4.39 Å². The molecule has 1 fully saturated rings. The van der Waals surface area contributed by atoms with Gasteiger partial charge in [0.15, 0.2) is 0 Å². The Labute approximate surface area is 191 Å². The van der Waals surface area contributed by atoms with Crippen LogP contribution in [0.5, 0.6) is 5.75 Å². The second-order valence-corrected chi connectivity index (χ2v) is 7.96. The van der Waals surface area contributed by atoms with Gasteiger partial charge < -0.3 is 15.0 Å². The lowest BCUT2D eigenvalue weighted by Gasteiger charge is -2.33. The van der Waals surface area contributed by atoms with Gasteiger partial charge in [-0.3, -0.25) is 9.59 Å². The van der Waals surface area contributed by atoms with Gasteiger partial charge in [-0.05, 0) is 56.2 Å². The number of amides is 1. The number of carbonyl (C=O) groups excluding carboxylic acids is 1. The normalized spacial score (nSPS) is 15.8. The van der Waals surface area contributed by atoms with Crippen molar-refractivity contribution in [3.05, 3.63) is 82.4 Å². The number of benzene rings is 2. The van der Waals surface area contributed by atoms with E-state index in [1.54, 1.807) is 6.07 Å². The molecule has 7 nitrogen and oxygen atoms in total. The molecule has 1 aliphatic rings. The van der Waals surface area contributed by atoms with Crippen LogP contribution in [-0.4, -0.2) is 35.4 Å². The number of carbonyl (C=O) groups is 1. The molecule has 0 aliphatic carbocycles. The lowest BCUT2D eigenvalue weighted by Crippen LogP contribution is -2.43. The van der Waals surface area contributed by atoms with Crippen LogP contribution >= 0.6 is 0 Å². The molecule has 4 rings (SSSR count). The maximum Gasteiger partial charge on any atom is 0.271 e. The predicted molar refractivity (Wildman–Crippen MR) is 124 cm³/mol. The molecule has 1 saturated heterocycles. The van der Waals surface area contributed by atoms with Crippen LogP contribution in [0.2, 0.25) is 0 Å². The summed E-state index contributed by atoms with van der Waals surface area (Å²) in [6.07, 6.45) is 1.62. The van der Waals surface area contributed by atoms with Gasteiger partial charge in [-0.15, -0.1) is 5.10 Å². The van der Waals surface area contributed by atoms with Crippen molar-refractivity contribution >= 4 is 11.7 Å². The van der Waals surface area contributed by atoms with E-state index >= 15 is 0 Å². The molecule has 33 heavy (non-hydrogen) atoms. The molecule has 172 valence electrons. The van der Waals surface area contributed by atoms with Crippen LogP contribution < -0.4 is 20.5 Å². The van der Waals surface area contributed by atoms with Crippen molar-refractivity contribution in [3.63, 3.8) is 0 Å². The Balaban J connectivity index is 1.44. The molecule has 0 spiro atoms. The van der Waals surface area contributed by atoms with E-state index in [0.29, 0.717) is 31.2 Å². The van der Waals surface area contributed by atoms with E-state index < -0.39 is 0 Å². The third-order valence-electron chi connectivity index (χ3n) is 5.70. The lowest BCUT2D eigenvalue weighted by molar-refractivity contribution is -0.125. The Morgan fingerprint density at radius 2 is 1.94 bits per heavy atom. The first-order chi connectivity index (χ1) is 16.0. The summed E-state index contributed by atoms with van der Waals surface area (Å²) in [7, 11) is 0. The molecule has 0 bridgehead atoms. The SMILES string of the molecule is CCOc1ccccc1CNC(=O)[C@@H]1CCCN(c2ccc(=O)n(-c3ccc(F)cc3)n2)C1. The fourth-order valence-corrected chi connectivity index (χ4v) is 4.01. The number of hydrogen-bond donors (Lipinski definition) is 1. The van der Waals surface area contributed by atoms with Gasteiger partial charge in [0.25, 0.3) is 5.56 Å². The lowest BCUT2D eigenvalue weighted by atomic mass is 9.97. The number of rotatable bonds is 7. The molecule has 2 aromatic carbocycles. The van der Waals surface area contributed by atoms with Gasteiger partial charge in [0.05, 0.1) is 18.2 Å². The first-order valence-electron chi connectivity index (χ1n) is 11.1. The summed E-state index contributed by atoms with van der Waals surface area (Å²) in [5.41, 5.74) is 1.13. The van der Waals surface area contributed by atoms with Gasteiger partial charge in [0, 0.05) is 31.3 Å². The largest absolute Gasteiger partial charge is 0.494 e. The number of para-hydroxylation sites is 1. The van der Waals surface area contributed by atoms with Crippen molar-refractivity contribution < 1.29 is 13.9 Å². The quantitative estimate of drug-likeness (QED) is 0.598. The monoisotopic (exact) mass is 450 g/mol. The number of hydrogen-bond acceptors (Lipinski definition) is 5. The fraction of sp³-hybridized carbons (Fsp3) is 0.320. The topological polar surface area (TPSA) is 76.5 Å². The van der Waals surface area contributed by atoms with Crippen LogP contribution in [0.1, 0.15) is 25.3 Å². The van der Waals surface area contributed by atoms with Crippen LogP contribution in [0.3, 0.4) is 0 Å². The van der Waals surface area contributed by atoms with E-state index in [1.165, 1.54) is 35.0 Å². The minimum atomic E-state index is -0.378. The van der Waals surface area contributed by atoms with Crippen molar-refractivity contribution in [2.24, 2.45) is 5.92 Å². The summed E-state index contributed by atoms with van der Waals surface area (Å²) in [6, 6.07) is 16.4. The van der Waals surface area contributed by atoms with Crippen LogP contribution in [0.15, 0.2) is 65.5 Å². The molecule has 2 heterocycles. The summed E-state index contributed by atoms with van der Waals surface area (Å²) in [4.78, 5) is 27.2. The molecule has 1 amide bonds.